The molecular weight excluding hydrogens is 308 g/mol. The van der Waals surface area contributed by atoms with Crippen LogP contribution in [0.3, 0.4) is 0 Å². The van der Waals surface area contributed by atoms with E-state index < -0.39 is 0 Å². The van der Waals surface area contributed by atoms with Gasteiger partial charge in [-0.1, -0.05) is 45.4 Å². The van der Waals surface area contributed by atoms with Crippen LogP contribution in [0.1, 0.15) is 51.9 Å². The van der Waals surface area contributed by atoms with Crippen LogP contribution in [0.4, 0.5) is 5.69 Å². The second-order valence-electron chi connectivity index (χ2n) is 5.57. The summed E-state index contributed by atoms with van der Waals surface area (Å²) in [5.74, 6) is 1.51. The number of benzene rings is 1. The average Bonchev–Trinajstić information content (AvgIpc) is 2.57. The van der Waals surface area contributed by atoms with Gasteiger partial charge in [0.25, 0.3) is 0 Å². The fraction of sp³-hybridized carbons (Fsp3) is 0.611. The summed E-state index contributed by atoms with van der Waals surface area (Å²) in [6.07, 6.45) is 9.07. The van der Waals surface area contributed by atoms with Gasteiger partial charge in [0.05, 0.1) is 19.9 Å². The SMILES string of the molecule is CCCCCCCCCNC(=S)Nc1cc(OC)ccc1OC. The Morgan fingerprint density at radius 2 is 1.70 bits per heavy atom. The zero-order valence-electron chi connectivity index (χ0n) is 14.6. The van der Waals surface area contributed by atoms with Crippen LogP contribution in [0.2, 0.25) is 0 Å². The van der Waals surface area contributed by atoms with E-state index >= 15 is 0 Å². The van der Waals surface area contributed by atoms with Crippen molar-refractivity contribution in [2.45, 2.75) is 51.9 Å². The molecule has 0 fully saturated rings. The van der Waals surface area contributed by atoms with E-state index in [1.165, 1.54) is 38.5 Å². The summed E-state index contributed by atoms with van der Waals surface area (Å²) in [4.78, 5) is 0. The second kappa shape index (κ2) is 12.0. The molecule has 0 heterocycles. The third-order valence-electron chi connectivity index (χ3n) is 3.72. The molecule has 0 unspecified atom stereocenters. The number of methoxy groups -OCH3 is 2. The Hall–Kier alpha value is -1.49. The molecule has 23 heavy (non-hydrogen) atoms. The fourth-order valence-corrected chi connectivity index (χ4v) is 2.57. The topological polar surface area (TPSA) is 42.5 Å². The summed E-state index contributed by atoms with van der Waals surface area (Å²) in [5, 5.41) is 7.03. The van der Waals surface area contributed by atoms with Crippen LogP contribution in [0.5, 0.6) is 11.5 Å². The normalized spacial score (nSPS) is 10.2. The van der Waals surface area contributed by atoms with Crippen molar-refractivity contribution in [2.24, 2.45) is 0 Å². The van der Waals surface area contributed by atoms with E-state index in [9.17, 15) is 0 Å². The van der Waals surface area contributed by atoms with E-state index in [4.69, 9.17) is 21.7 Å². The number of ether oxygens (including phenoxy) is 2. The van der Waals surface area contributed by atoms with Gasteiger partial charge in [0.2, 0.25) is 0 Å². The van der Waals surface area contributed by atoms with Crippen LogP contribution < -0.4 is 20.1 Å². The van der Waals surface area contributed by atoms with E-state index in [1.54, 1.807) is 14.2 Å². The standard InChI is InChI=1S/C18H30N2O2S/c1-4-5-6-7-8-9-10-13-19-18(23)20-16-14-15(21-2)11-12-17(16)22-3/h11-12,14H,4-10,13H2,1-3H3,(H2,19,20,23). The van der Waals surface area contributed by atoms with Gasteiger partial charge in [0, 0.05) is 12.6 Å². The number of nitrogens with one attached hydrogen (secondary N) is 2. The molecule has 0 saturated carbocycles. The summed E-state index contributed by atoms with van der Waals surface area (Å²) in [6.45, 7) is 3.14. The molecule has 0 amide bonds. The van der Waals surface area contributed by atoms with Crippen LogP contribution in [-0.2, 0) is 0 Å². The Kier molecular flexibility index (Phi) is 10.2. The zero-order chi connectivity index (χ0) is 16.9. The van der Waals surface area contributed by atoms with Gasteiger partial charge in [-0.2, -0.15) is 0 Å². The van der Waals surface area contributed by atoms with Gasteiger partial charge in [-0.25, -0.2) is 0 Å². The third kappa shape index (κ3) is 8.07. The number of thiocarbonyl (C=S) groups is 1. The van der Waals surface area contributed by atoms with Gasteiger partial charge in [0.1, 0.15) is 11.5 Å². The van der Waals surface area contributed by atoms with Crippen LogP contribution in [-0.4, -0.2) is 25.9 Å². The lowest BCUT2D eigenvalue weighted by Gasteiger charge is -2.14. The minimum atomic E-state index is 0.613. The first-order chi connectivity index (χ1) is 11.2. The first-order valence-corrected chi connectivity index (χ1v) is 8.89. The van der Waals surface area contributed by atoms with Gasteiger partial charge in [0.15, 0.2) is 5.11 Å². The van der Waals surface area contributed by atoms with Crippen molar-refractivity contribution in [2.75, 3.05) is 26.1 Å². The molecule has 0 spiro atoms. The highest BCUT2D eigenvalue weighted by Crippen LogP contribution is 2.28. The Morgan fingerprint density at radius 3 is 2.35 bits per heavy atom. The van der Waals surface area contributed by atoms with Gasteiger partial charge in [-0.05, 0) is 30.8 Å². The van der Waals surface area contributed by atoms with Crippen LogP contribution in [0.15, 0.2) is 18.2 Å². The van der Waals surface area contributed by atoms with Gasteiger partial charge in [-0.15, -0.1) is 0 Å². The molecule has 130 valence electrons. The monoisotopic (exact) mass is 338 g/mol. The largest absolute Gasteiger partial charge is 0.497 e. The lowest BCUT2D eigenvalue weighted by Crippen LogP contribution is -2.29. The minimum Gasteiger partial charge on any atom is -0.497 e. The quantitative estimate of drug-likeness (QED) is 0.450. The summed E-state index contributed by atoms with van der Waals surface area (Å²) < 4.78 is 10.6. The van der Waals surface area contributed by atoms with E-state index in [1.807, 2.05) is 18.2 Å². The van der Waals surface area contributed by atoms with E-state index in [-0.39, 0.29) is 0 Å². The minimum absolute atomic E-state index is 0.613. The summed E-state index contributed by atoms with van der Waals surface area (Å²) >= 11 is 5.34. The Balaban J connectivity index is 2.26. The van der Waals surface area contributed by atoms with Crippen LogP contribution in [0.25, 0.3) is 0 Å². The van der Waals surface area contributed by atoms with Crippen molar-refractivity contribution in [1.29, 1.82) is 0 Å². The molecular formula is C18H30N2O2S. The molecule has 1 rings (SSSR count). The van der Waals surface area contributed by atoms with Crippen LogP contribution in [0, 0.1) is 0 Å². The molecule has 0 aromatic heterocycles. The fourth-order valence-electron chi connectivity index (χ4n) is 2.36. The molecule has 0 bridgehead atoms. The molecule has 5 heteroatoms. The van der Waals surface area contributed by atoms with Crippen molar-refractivity contribution < 1.29 is 9.47 Å². The summed E-state index contributed by atoms with van der Waals surface area (Å²) in [7, 11) is 3.28. The van der Waals surface area contributed by atoms with E-state index in [0.717, 1.165) is 30.2 Å². The number of hydrogen-bond acceptors (Lipinski definition) is 3. The highest BCUT2D eigenvalue weighted by atomic mass is 32.1. The van der Waals surface area contributed by atoms with Crippen LogP contribution >= 0.6 is 12.2 Å². The van der Waals surface area contributed by atoms with Gasteiger partial charge in [-0.3, -0.25) is 0 Å². The highest BCUT2D eigenvalue weighted by Gasteiger charge is 2.06. The summed E-state index contributed by atoms with van der Waals surface area (Å²) in [5.41, 5.74) is 0.809. The number of hydrogen-bond donors (Lipinski definition) is 2. The molecule has 0 radical (unpaired) electrons. The molecule has 0 aliphatic heterocycles. The highest BCUT2D eigenvalue weighted by molar-refractivity contribution is 7.80. The molecule has 0 saturated heterocycles. The van der Waals surface area contributed by atoms with Crippen molar-refractivity contribution in [3.63, 3.8) is 0 Å². The molecule has 0 aliphatic carbocycles. The van der Waals surface area contributed by atoms with Crippen molar-refractivity contribution in [1.82, 2.24) is 5.32 Å². The molecule has 1 aromatic rings. The third-order valence-corrected chi connectivity index (χ3v) is 3.97. The predicted molar refractivity (Wildman–Crippen MR) is 102 cm³/mol. The maximum Gasteiger partial charge on any atom is 0.170 e. The molecule has 4 nitrogen and oxygen atoms in total. The smallest absolute Gasteiger partial charge is 0.170 e. The van der Waals surface area contributed by atoms with Crippen molar-refractivity contribution >= 4 is 23.0 Å². The van der Waals surface area contributed by atoms with E-state index in [0.29, 0.717) is 5.11 Å². The second-order valence-corrected chi connectivity index (χ2v) is 5.98. The predicted octanol–water partition coefficient (Wildman–Crippen LogP) is 4.74. The Bertz CT molecular complexity index is 466. The zero-order valence-corrected chi connectivity index (χ0v) is 15.4. The maximum atomic E-state index is 5.34. The Labute approximate surface area is 145 Å². The van der Waals surface area contributed by atoms with Crippen molar-refractivity contribution in [3.8, 4) is 11.5 Å². The first kappa shape index (κ1) is 19.6. The van der Waals surface area contributed by atoms with Crippen molar-refractivity contribution in [3.05, 3.63) is 18.2 Å². The van der Waals surface area contributed by atoms with Gasteiger partial charge < -0.3 is 20.1 Å². The number of anilines is 1. The molecule has 0 aliphatic rings. The average molecular weight is 339 g/mol. The number of rotatable bonds is 11. The lowest BCUT2D eigenvalue weighted by molar-refractivity contribution is 0.405. The Morgan fingerprint density at radius 1 is 1.00 bits per heavy atom. The first-order valence-electron chi connectivity index (χ1n) is 8.48. The molecule has 2 N–H and O–H groups in total. The molecule has 1 aromatic carbocycles. The molecule has 0 atom stereocenters. The van der Waals surface area contributed by atoms with Gasteiger partial charge >= 0.3 is 0 Å². The maximum absolute atomic E-state index is 5.34. The van der Waals surface area contributed by atoms with E-state index in [2.05, 4.69) is 17.6 Å². The lowest BCUT2D eigenvalue weighted by atomic mass is 10.1. The summed E-state index contributed by atoms with van der Waals surface area (Å²) in [6, 6.07) is 5.60. The number of unbranched alkanes of at least 4 members (excludes halogenated alkanes) is 6.